The van der Waals surface area contributed by atoms with Crippen molar-refractivity contribution in [3.05, 3.63) is 71.8 Å². The number of amides is 5. The highest BCUT2D eigenvalue weighted by atomic mass is 16.4. The summed E-state index contributed by atoms with van der Waals surface area (Å²) in [6, 6.07) is 10.7. The van der Waals surface area contributed by atoms with Gasteiger partial charge in [0.2, 0.25) is 17.7 Å². The van der Waals surface area contributed by atoms with E-state index in [1.54, 1.807) is 24.3 Å². The van der Waals surface area contributed by atoms with Crippen molar-refractivity contribution in [3.63, 3.8) is 0 Å². The maximum absolute atomic E-state index is 13.3. The maximum Gasteiger partial charge on any atom is 0.326 e. The van der Waals surface area contributed by atoms with Gasteiger partial charge in [0.05, 0.1) is 0 Å². The van der Waals surface area contributed by atoms with Crippen LogP contribution in [0.3, 0.4) is 0 Å². The molecule has 5 amide bonds. The number of likely N-dealkylation sites (tertiary alicyclic amines) is 1. The highest BCUT2D eigenvalue weighted by molar-refractivity contribution is 5.99. The molecule has 4 unspecified atom stereocenters. The van der Waals surface area contributed by atoms with Crippen molar-refractivity contribution < 1.29 is 39.0 Å². The van der Waals surface area contributed by atoms with Gasteiger partial charge >= 0.3 is 18.0 Å². The summed E-state index contributed by atoms with van der Waals surface area (Å²) in [5.74, 6) is -4.07. The second-order valence-corrected chi connectivity index (χ2v) is 13.2. The van der Waals surface area contributed by atoms with Gasteiger partial charge in [-0.3, -0.25) is 14.4 Å². The van der Waals surface area contributed by atoms with Crippen LogP contribution in [-0.4, -0.2) is 75.5 Å². The molecule has 0 aromatic heterocycles. The number of urea groups is 1. The van der Waals surface area contributed by atoms with Crippen LogP contribution in [0.15, 0.2) is 60.7 Å². The third-order valence-electron chi connectivity index (χ3n) is 7.81. The first-order valence-corrected chi connectivity index (χ1v) is 15.7. The van der Waals surface area contributed by atoms with Crippen LogP contribution in [0.1, 0.15) is 70.4 Å². The standard InChI is InChI=1S/C35H45N5O8/c1-21-10-14-25(15-11-21)36-34(48)37-26-16-12-23(13-17-26)24-18-29(40(20-24)22(2)41)31(43)39-28(33(46)47)9-7-6-8-27(32(44)45)38-30(42)19-35(3,4)5/h6-7,10-17,24,27-29H,8-9,18-20H2,1-5H3,(H,38,42)(H,39,43)(H,44,45)(H,46,47)(H2,36,37,48). The molecule has 13 heteroatoms. The molecule has 0 radical (unpaired) electrons. The molecule has 0 spiro atoms. The highest BCUT2D eigenvalue weighted by Crippen LogP contribution is 2.33. The molecule has 4 atom stereocenters. The minimum atomic E-state index is -1.32. The quantitative estimate of drug-likeness (QED) is 0.171. The Balaban J connectivity index is 1.58. The summed E-state index contributed by atoms with van der Waals surface area (Å²) < 4.78 is 0. The Morgan fingerprint density at radius 3 is 1.81 bits per heavy atom. The fourth-order valence-electron chi connectivity index (χ4n) is 5.35. The van der Waals surface area contributed by atoms with Gasteiger partial charge in [-0.2, -0.15) is 0 Å². The third kappa shape index (κ3) is 11.6. The number of aliphatic carboxylic acids is 2. The van der Waals surface area contributed by atoms with Crippen LogP contribution < -0.4 is 21.3 Å². The first-order valence-electron chi connectivity index (χ1n) is 15.7. The summed E-state index contributed by atoms with van der Waals surface area (Å²) in [6.07, 6.45) is 3.11. The number of rotatable bonds is 13. The van der Waals surface area contributed by atoms with Crippen molar-refractivity contribution in [2.24, 2.45) is 5.41 Å². The molecule has 13 nitrogen and oxygen atoms in total. The minimum absolute atomic E-state index is 0.0698. The van der Waals surface area contributed by atoms with Crippen LogP contribution in [0.5, 0.6) is 0 Å². The second kappa shape index (κ2) is 16.6. The Morgan fingerprint density at radius 1 is 0.833 bits per heavy atom. The lowest BCUT2D eigenvalue weighted by molar-refractivity contribution is -0.143. The van der Waals surface area contributed by atoms with E-state index in [0.29, 0.717) is 11.4 Å². The molecule has 1 fully saturated rings. The summed E-state index contributed by atoms with van der Waals surface area (Å²) in [4.78, 5) is 75.4. The van der Waals surface area contributed by atoms with E-state index in [1.165, 1.54) is 24.0 Å². The number of carbonyl (C=O) groups excluding carboxylic acids is 4. The first-order chi connectivity index (χ1) is 22.5. The molecule has 1 saturated heterocycles. The van der Waals surface area contributed by atoms with Crippen LogP contribution >= 0.6 is 0 Å². The van der Waals surface area contributed by atoms with E-state index in [0.717, 1.165) is 11.1 Å². The van der Waals surface area contributed by atoms with Crippen molar-refractivity contribution in [3.8, 4) is 0 Å². The molecule has 1 aliphatic rings. The molecule has 2 aromatic rings. The number of hydrogen-bond acceptors (Lipinski definition) is 6. The lowest BCUT2D eigenvalue weighted by Gasteiger charge is -2.24. The van der Waals surface area contributed by atoms with E-state index >= 15 is 0 Å². The highest BCUT2D eigenvalue weighted by Gasteiger charge is 2.40. The van der Waals surface area contributed by atoms with Gasteiger partial charge in [-0.1, -0.05) is 62.8 Å². The zero-order valence-corrected chi connectivity index (χ0v) is 27.9. The number of carboxylic acid groups (broad SMARTS) is 2. The Hall–Kier alpha value is -5.20. The van der Waals surface area contributed by atoms with Gasteiger partial charge in [-0.25, -0.2) is 14.4 Å². The predicted molar refractivity (Wildman–Crippen MR) is 180 cm³/mol. The van der Waals surface area contributed by atoms with Gasteiger partial charge in [0.1, 0.15) is 18.1 Å². The Labute approximate surface area is 280 Å². The minimum Gasteiger partial charge on any atom is -0.480 e. The molecule has 6 N–H and O–H groups in total. The van der Waals surface area contributed by atoms with Gasteiger partial charge in [-0.15, -0.1) is 0 Å². The van der Waals surface area contributed by atoms with Gasteiger partial charge in [0.15, 0.2) is 0 Å². The third-order valence-corrected chi connectivity index (χ3v) is 7.81. The van der Waals surface area contributed by atoms with Gasteiger partial charge in [0.25, 0.3) is 0 Å². The number of nitrogens with zero attached hydrogens (tertiary/aromatic N) is 1. The number of hydrogen-bond donors (Lipinski definition) is 6. The summed E-state index contributed by atoms with van der Waals surface area (Å²) in [7, 11) is 0. The average molecular weight is 664 g/mol. The van der Waals surface area contributed by atoms with Crippen LogP contribution in [0.25, 0.3) is 0 Å². The lowest BCUT2D eigenvalue weighted by Crippen LogP contribution is -2.50. The summed E-state index contributed by atoms with van der Waals surface area (Å²) in [5, 5.41) is 29.8. The summed E-state index contributed by atoms with van der Waals surface area (Å²) in [5.41, 5.74) is 2.81. The normalized spacial score (nSPS) is 17.3. The summed E-state index contributed by atoms with van der Waals surface area (Å²) in [6.45, 7) is 9.13. The molecule has 1 aliphatic heterocycles. The second-order valence-electron chi connectivity index (χ2n) is 13.2. The van der Waals surface area contributed by atoms with E-state index in [9.17, 15) is 39.0 Å². The van der Waals surface area contributed by atoms with E-state index in [1.807, 2.05) is 52.0 Å². The zero-order valence-electron chi connectivity index (χ0n) is 27.9. The molecular weight excluding hydrogens is 618 g/mol. The topological polar surface area (TPSA) is 194 Å². The molecule has 3 rings (SSSR count). The zero-order chi connectivity index (χ0) is 35.6. The van der Waals surface area contributed by atoms with Crippen LogP contribution in [-0.2, 0) is 24.0 Å². The van der Waals surface area contributed by atoms with E-state index in [-0.39, 0.29) is 49.5 Å². The Bertz CT molecular complexity index is 1510. The molecular formula is C35H45N5O8. The largest absolute Gasteiger partial charge is 0.480 e. The fourth-order valence-corrected chi connectivity index (χ4v) is 5.35. The summed E-state index contributed by atoms with van der Waals surface area (Å²) >= 11 is 0. The SMILES string of the molecule is CC(=O)N1CC(c2ccc(NC(=O)Nc3ccc(C)cc3)cc2)CC1C(=O)NC(CC=CCC(NC(=O)CC(C)(C)C)C(=O)O)C(=O)O. The van der Waals surface area contributed by atoms with E-state index < -0.39 is 47.9 Å². The molecule has 0 bridgehead atoms. The smallest absolute Gasteiger partial charge is 0.326 e. The van der Waals surface area contributed by atoms with Crippen molar-refractivity contribution in [2.45, 2.75) is 84.3 Å². The fraction of sp³-hybridized carbons (Fsp3) is 0.429. The first kappa shape index (κ1) is 37.3. The van der Waals surface area contributed by atoms with Gasteiger partial charge < -0.3 is 36.4 Å². The van der Waals surface area contributed by atoms with Crippen molar-refractivity contribution >= 4 is 47.1 Å². The molecule has 48 heavy (non-hydrogen) atoms. The number of nitrogens with one attached hydrogen (secondary N) is 4. The van der Waals surface area contributed by atoms with E-state index in [4.69, 9.17) is 0 Å². The monoisotopic (exact) mass is 663 g/mol. The Morgan fingerprint density at radius 2 is 1.33 bits per heavy atom. The van der Waals surface area contributed by atoms with Crippen LogP contribution in [0.2, 0.25) is 0 Å². The number of benzene rings is 2. The lowest BCUT2D eigenvalue weighted by atomic mass is 9.92. The molecule has 258 valence electrons. The molecule has 0 saturated carbocycles. The molecule has 1 heterocycles. The van der Waals surface area contributed by atoms with Gasteiger partial charge in [0, 0.05) is 37.2 Å². The predicted octanol–water partition coefficient (Wildman–Crippen LogP) is 4.25. The molecule has 2 aromatic carbocycles. The van der Waals surface area contributed by atoms with Crippen LogP contribution in [0.4, 0.5) is 16.2 Å². The number of aryl methyl sites for hydroxylation is 1. The Kier molecular flexibility index (Phi) is 12.9. The van der Waals surface area contributed by atoms with Gasteiger partial charge in [-0.05, 0) is 61.4 Å². The average Bonchev–Trinajstić information content (AvgIpc) is 3.44. The van der Waals surface area contributed by atoms with Crippen LogP contribution in [0, 0.1) is 12.3 Å². The maximum atomic E-state index is 13.3. The number of carbonyl (C=O) groups is 6. The van der Waals surface area contributed by atoms with Crippen molar-refractivity contribution in [1.29, 1.82) is 0 Å². The number of carboxylic acids is 2. The number of anilines is 2. The van der Waals surface area contributed by atoms with Crippen molar-refractivity contribution in [2.75, 3.05) is 17.2 Å². The molecule has 0 aliphatic carbocycles. The van der Waals surface area contributed by atoms with Crippen molar-refractivity contribution in [1.82, 2.24) is 15.5 Å². The van der Waals surface area contributed by atoms with E-state index in [2.05, 4.69) is 21.3 Å².